The first-order valence-electron chi connectivity index (χ1n) is 14.0. The maximum Gasteiger partial charge on any atom is 0.488 e. The normalized spacial score (nSPS) is 21.4. The maximum absolute atomic E-state index is 13.7. The van der Waals surface area contributed by atoms with Gasteiger partial charge in [0.1, 0.15) is 18.1 Å². The fourth-order valence-electron chi connectivity index (χ4n) is 6.19. The minimum atomic E-state index is -1.79. The number of pyridine rings is 1. The number of aliphatic hydroxyl groups is 4. The van der Waals surface area contributed by atoms with Crippen molar-refractivity contribution in [1.82, 2.24) is 4.98 Å². The van der Waals surface area contributed by atoms with Gasteiger partial charge in [-0.25, -0.2) is 0 Å². The lowest BCUT2D eigenvalue weighted by atomic mass is 9.68. The molecule has 2 aromatic heterocycles. The van der Waals surface area contributed by atoms with E-state index in [0.717, 1.165) is 10.5 Å². The highest BCUT2D eigenvalue weighted by atomic mass is 16.4. The second-order valence-electron chi connectivity index (χ2n) is 10.7. The van der Waals surface area contributed by atoms with Gasteiger partial charge in [-0.05, 0) is 83.9 Å². The van der Waals surface area contributed by atoms with Crippen LogP contribution in [-0.4, -0.2) is 73.7 Å². The molecule has 3 heterocycles. The molecule has 1 saturated heterocycles. The van der Waals surface area contributed by atoms with Crippen LogP contribution in [0, 0.1) is 17.8 Å². The fraction of sp³-hybridized carbons (Fsp3) is 0.323. The van der Waals surface area contributed by atoms with Gasteiger partial charge in [-0.1, -0.05) is 18.2 Å². The number of hydrogen-bond donors (Lipinski definition) is 6. The Hall–Kier alpha value is -3.91. The van der Waals surface area contributed by atoms with Crippen molar-refractivity contribution in [1.29, 1.82) is 0 Å². The zero-order valence-corrected chi connectivity index (χ0v) is 23.3. The number of rotatable bonds is 11. The Balaban J connectivity index is 1.42. The monoisotopic (exact) mass is 588 g/mol. The number of anilines is 1. The van der Waals surface area contributed by atoms with Crippen LogP contribution in [0.5, 0.6) is 0 Å². The molecule has 1 aliphatic heterocycles. The average Bonchev–Trinajstić information content (AvgIpc) is 3.59. The molecule has 4 atom stereocenters. The van der Waals surface area contributed by atoms with Crippen LogP contribution in [0.15, 0.2) is 76.4 Å². The first-order valence-corrected chi connectivity index (χ1v) is 14.0. The summed E-state index contributed by atoms with van der Waals surface area (Å²) in [5.41, 5.74) is 2.41. The molecule has 0 spiro atoms. The lowest BCUT2D eigenvalue weighted by Gasteiger charge is -2.36. The highest BCUT2D eigenvalue weighted by Gasteiger charge is 2.55. The summed E-state index contributed by atoms with van der Waals surface area (Å²) >= 11 is 0. The van der Waals surface area contributed by atoms with E-state index in [2.05, 4.69) is 4.98 Å². The number of nitrogens with zero attached hydrogens (tertiary/aromatic N) is 2. The summed E-state index contributed by atoms with van der Waals surface area (Å²) in [6.45, 7) is -1.24. The molecule has 5 rings (SSSR count). The van der Waals surface area contributed by atoms with Crippen LogP contribution in [0.25, 0.3) is 11.6 Å². The maximum atomic E-state index is 13.7. The molecule has 224 valence electrons. The lowest BCUT2D eigenvalue weighted by molar-refractivity contribution is -0.123. The number of hydrogen-bond acceptors (Lipinski definition) is 10. The van der Waals surface area contributed by atoms with Crippen LogP contribution in [0.2, 0.25) is 0 Å². The van der Waals surface area contributed by atoms with E-state index < -0.39 is 56.0 Å². The molecule has 2 amide bonds. The fourth-order valence-corrected chi connectivity index (χ4v) is 6.19. The van der Waals surface area contributed by atoms with Gasteiger partial charge < -0.3 is 34.9 Å². The minimum absolute atomic E-state index is 0.0344. The lowest BCUT2D eigenvalue weighted by Crippen LogP contribution is -2.39. The molecule has 43 heavy (non-hydrogen) atoms. The quantitative estimate of drug-likeness (QED) is 0.106. The van der Waals surface area contributed by atoms with Crippen LogP contribution in [0.4, 0.5) is 5.69 Å². The Morgan fingerprint density at radius 3 is 2.51 bits per heavy atom. The Kier molecular flexibility index (Phi) is 9.35. The number of aromatic nitrogens is 1. The Bertz CT molecular complexity index is 1530. The van der Waals surface area contributed by atoms with Gasteiger partial charge in [0, 0.05) is 12.1 Å². The number of aliphatic hydroxyl groups excluding tert-OH is 4. The number of fused-ring (bicyclic) bond motifs is 1. The first kappa shape index (κ1) is 30.5. The summed E-state index contributed by atoms with van der Waals surface area (Å²) in [7, 11) is -1.79. The van der Waals surface area contributed by atoms with E-state index in [1.165, 1.54) is 24.3 Å². The summed E-state index contributed by atoms with van der Waals surface area (Å²) in [5.74, 6) is -2.92. The average molecular weight is 588 g/mol. The zero-order valence-electron chi connectivity index (χ0n) is 23.3. The highest BCUT2D eigenvalue weighted by molar-refractivity contribution is 6.58. The summed E-state index contributed by atoms with van der Waals surface area (Å²) in [6, 6.07) is 14.6. The van der Waals surface area contributed by atoms with E-state index in [-0.39, 0.29) is 30.6 Å². The second kappa shape index (κ2) is 13.2. The molecular weight excluding hydrogens is 555 g/mol. The zero-order chi connectivity index (χ0) is 30.7. The third-order valence-electron chi connectivity index (χ3n) is 8.19. The Labute approximate surface area is 248 Å². The predicted molar refractivity (Wildman–Crippen MR) is 157 cm³/mol. The van der Waals surface area contributed by atoms with Gasteiger partial charge in [-0.15, -0.1) is 0 Å². The minimum Gasteiger partial charge on any atom is -0.459 e. The molecule has 2 aliphatic rings. The standard InChI is InChI=1S/C31H33BN2O9/c35-15-19-13-24-29(31(40)34(30(24)39)21-5-3-4-20(14-21)32(41)42)25(17-37)28(19)27(38)10-7-18(26-6-1-2-11-33-26)12-22-8-9-23(16-36)43-22/h1-6,8-9,11-12,14,24-25,27,29,35-38,41-42H,7,10,13,15-17H2/b18-12-/t24-,25+,27-,29-/m1/s1. The molecule has 1 aromatic carbocycles. The van der Waals surface area contributed by atoms with Gasteiger partial charge in [-0.2, -0.15) is 0 Å². The van der Waals surface area contributed by atoms with Gasteiger partial charge in [0.2, 0.25) is 11.8 Å². The van der Waals surface area contributed by atoms with Gasteiger partial charge in [0.05, 0.1) is 42.5 Å². The van der Waals surface area contributed by atoms with Crippen molar-refractivity contribution in [2.45, 2.75) is 32.0 Å². The van der Waals surface area contributed by atoms with Crippen LogP contribution >= 0.6 is 0 Å². The summed E-state index contributed by atoms with van der Waals surface area (Å²) in [4.78, 5) is 32.6. The number of furan rings is 1. The largest absolute Gasteiger partial charge is 0.488 e. The van der Waals surface area contributed by atoms with E-state index in [1.54, 1.807) is 30.5 Å². The smallest absolute Gasteiger partial charge is 0.459 e. The molecular formula is C31H33BN2O9. The van der Waals surface area contributed by atoms with Crippen molar-refractivity contribution < 1.29 is 44.5 Å². The highest BCUT2D eigenvalue weighted by Crippen LogP contribution is 2.47. The van der Waals surface area contributed by atoms with E-state index >= 15 is 0 Å². The number of allylic oxidation sites excluding steroid dienone is 1. The van der Waals surface area contributed by atoms with Crippen molar-refractivity contribution in [2.24, 2.45) is 17.8 Å². The number of benzene rings is 1. The van der Waals surface area contributed by atoms with Gasteiger partial charge >= 0.3 is 7.12 Å². The molecule has 0 unspecified atom stereocenters. The molecule has 6 N–H and O–H groups in total. The Morgan fingerprint density at radius 1 is 1.05 bits per heavy atom. The van der Waals surface area contributed by atoms with E-state index in [4.69, 9.17) is 4.42 Å². The molecule has 0 saturated carbocycles. The number of amides is 2. The topological polar surface area (TPSA) is 185 Å². The molecule has 0 radical (unpaired) electrons. The SMILES string of the molecule is O=C1[C@@H]2[C@@H](CC(CO)=C([C@H](O)CC/C(=C/c3ccc(CO)o3)c3ccccn3)[C@@H]2CO)C(=O)N1c1cccc(B(O)O)c1. The number of carbonyl (C=O) groups excluding carboxylic acids is 2. The number of carbonyl (C=O) groups is 2. The Morgan fingerprint density at radius 2 is 1.86 bits per heavy atom. The van der Waals surface area contributed by atoms with Crippen molar-refractivity contribution >= 4 is 41.7 Å². The molecule has 1 fully saturated rings. The van der Waals surface area contributed by atoms with Crippen molar-refractivity contribution in [2.75, 3.05) is 18.1 Å². The van der Waals surface area contributed by atoms with E-state index in [9.17, 15) is 40.1 Å². The molecule has 1 aliphatic carbocycles. The second-order valence-corrected chi connectivity index (χ2v) is 10.7. The van der Waals surface area contributed by atoms with E-state index in [0.29, 0.717) is 34.8 Å². The summed E-state index contributed by atoms with van der Waals surface area (Å²) < 4.78 is 5.62. The summed E-state index contributed by atoms with van der Waals surface area (Å²) in [6.07, 6.45) is 2.77. The summed E-state index contributed by atoms with van der Waals surface area (Å²) in [5, 5.41) is 60.8. The van der Waals surface area contributed by atoms with Crippen LogP contribution < -0.4 is 10.4 Å². The molecule has 3 aromatic rings. The molecule has 11 nitrogen and oxygen atoms in total. The van der Waals surface area contributed by atoms with E-state index in [1.807, 2.05) is 12.1 Å². The predicted octanol–water partition coefficient (Wildman–Crippen LogP) is 0.635. The molecule has 12 heteroatoms. The van der Waals surface area contributed by atoms with Crippen LogP contribution in [-0.2, 0) is 16.2 Å². The first-order chi connectivity index (χ1) is 20.8. The third-order valence-corrected chi connectivity index (χ3v) is 8.19. The van der Waals surface area contributed by atoms with Crippen molar-refractivity contribution in [3.63, 3.8) is 0 Å². The van der Waals surface area contributed by atoms with Crippen LogP contribution in [0.1, 0.15) is 36.5 Å². The van der Waals surface area contributed by atoms with Gasteiger partial charge in [0.25, 0.3) is 0 Å². The third kappa shape index (κ3) is 6.11. The van der Waals surface area contributed by atoms with Crippen LogP contribution in [0.3, 0.4) is 0 Å². The molecule has 0 bridgehead atoms. The van der Waals surface area contributed by atoms with Gasteiger partial charge in [-0.3, -0.25) is 19.5 Å². The number of imide groups is 1. The van der Waals surface area contributed by atoms with Gasteiger partial charge in [0.15, 0.2) is 0 Å². The van der Waals surface area contributed by atoms with Crippen molar-refractivity contribution in [3.05, 3.63) is 89.2 Å². The van der Waals surface area contributed by atoms with Crippen molar-refractivity contribution in [3.8, 4) is 0 Å².